The smallest absolute Gasteiger partial charge is 0.270 e. The number of benzene rings is 2. The molecule has 0 aromatic heterocycles. The Morgan fingerprint density at radius 3 is 2.15 bits per heavy atom. The van der Waals surface area contributed by atoms with E-state index in [4.69, 9.17) is 0 Å². The number of non-ortho nitro benzene ring substituents is 2. The molecule has 0 aliphatic heterocycles. The summed E-state index contributed by atoms with van der Waals surface area (Å²) in [7, 11) is 0. The molecule has 26 heavy (non-hydrogen) atoms. The van der Waals surface area contributed by atoms with Gasteiger partial charge < -0.3 is 15.3 Å². The molecule has 0 bridgehead atoms. The summed E-state index contributed by atoms with van der Waals surface area (Å²) in [5.74, 6) is -0.249. The second-order valence-electron chi connectivity index (χ2n) is 5.32. The van der Waals surface area contributed by atoms with Gasteiger partial charge in [0.25, 0.3) is 11.4 Å². The van der Waals surface area contributed by atoms with E-state index in [0.717, 1.165) is 24.4 Å². The quantitative estimate of drug-likeness (QED) is 0.384. The second-order valence-corrected chi connectivity index (χ2v) is 5.32. The van der Waals surface area contributed by atoms with Gasteiger partial charge in [0.05, 0.1) is 16.5 Å². The summed E-state index contributed by atoms with van der Waals surface area (Å²) in [6.07, 6.45) is -0.157. The van der Waals surface area contributed by atoms with E-state index in [1.54, 1.807) is 0 Å². The van der Waals surface area contributed by atoms with Gasteiger partial charge in [0.15, 0.2) is 0 Å². The summed E-state index contributed by atoms with van der Waals surface area (Å²) < 4.78 is 0. The summed E-state index contributed by atoms with van der Waals surface area (Å²) in [4.78, 5) is 24.2. The summed E-state index contributed by atoms with van der Waals surface area (Å²) in [6.45, 7) is -0.551. The van der Waals surface area contributed by atoms with Crippen molar-refractivity contribution in [1.29, 1.82) is 0 Å². The molecule has 2 aromatic carbocycles. The molecule has 2 aromatic rings. The topological polar surface area (TPSA) is 159 Å². The lowest BCUT2D eigenvalue weighted by molar-refractivity contribution is -0.385. The normalized spacial score (nSPS) is 13.5. The Kier molecular flexibility index (Phi) is 5.94. The average molecular weight is 361 g/mol. The van der Waals surface area contributed by atoms with Crippen LogP contribution in [-0.4, -0.2) is 44.0 Å². The molecule has 2 rings (SSSR count). The zero-order valence-electron chi connectivity index (χ0n) is 13.3. The highest BCUT2D eigenvalue weighted by atomic mass is 16.6. The molecule has 0 saturated heterocycles. The first-order valence-electron chi connectivity index (χ1n) is 7.37. The first-order valence-corrected chi connectivity index (χ1v) is 7.37. The van der Waals surface area contributed by atoms with Crippen LogP contribution in [0.5, 0.6) is 5.75 Å². The van der Waals surface area contributed by atoms with E-state index in [-0.39, 0.29) is 22.7 Å². The minimum absolute atomic E-state index is 0.0496. The predicted molar refractivity (Wildman–Crippen MR) is 91.3 cm³/mol. The molecule has 10 heteroatoms. The molecule has 0 aliphatic rings. The van der Waals surface area contributed by atoms with Crippen LogP contribution in [0.3, 0.4) is 0 Å². The number of nitrogens with zero attached hydrogens (tertiary/aromatic N) is 3. The van der Waals surface area contributed by atoms with Crippen LogP contribution in [0, 0.1) is 20.2 Å². The molecular weight excluding hydrogens is 346 g/mol. The summed E-state index contributed by atoms with van der Waals surface area (Å²) in [5, 5.41) is 50.9. The van der Waals surface area contributed by atoms with E-state index >= 15 is 0 Å². The first-order chi connectivity index (χ1) is 12.3. The van der Waals surface area contributed by atoms with Gasteiger partial charge >= 0.3 is 0 Å². The van der Waals surface area contributed by atoms with Crippen LogP contribution in [0.1, 0.15) is 17.2 Å². The molecule has 0 amide bonds. The van der Waals surface area contributed by atoms with E-state index < -0.39 is 28.6 Å². The third kappa shape index (κ3) is 4.37. The Bertz CT molecular complexity index is 836. The molecule has 136 valence electrons. The van der Waals surface area contributed by atoms with Crippen molar-refractivity contribution in [3.63, 3.8) is 0 Å². The fourth-order valence-electron chi connectivity index (χ4n) is 2.18. The van der Waals surface area contributed by atoms with E-state index in [1.165, 1.54) is 24.3 Å². The zero-order valence-corrected chi connectivity index (χ0v) is 13.3. The second kappa shape index (κ2) is 8.14. The number of nitro groups is 2. The van der Waals surface area contributed by atoms with Crippen molar-refractivity contribution >= 4 is 17.6 Å². The predicted octanol–water partition coefficient (Wildman–Crippen LogP) is 1.72. The van der Waals surface area contributed by atoms with E-state index in [9.17, 15) is 35.5 Å². The van der Waals surface area contributed by atoms with Crippen molar-refractivity contribution in [3.05, 3.63) is 73.8 Å². The molecule has 0 heterocycles. The van der Waals surface area contributed by atoms with Crippen LogP contribution in [0.25, 0.3) is 0 Å². The van der Waals surface area contributed by atoms with Crippen molar-refractivity contribution in [2.24, 2.45) is 4.99 Å². The zero-order chi connectivity index (χ0) is 19.3. The van der Waals surface area contributed by atoms with Crippen molar-refractivity contribution in [2.75, 3.05) is 6.61 Å². The number of aliphatic hydroxyl groups excluding tert-OH is 2. The number of aliphatic imine (C=N–C) groups is 1. The highest BCUT2D eigenvalue weighted by Gasteiger charge is 2.20. The van der Waals surface area contributed by atoms with E-state index in [1.807, 2.05) is 0 Å². The molecule has 2 atom stereocenters. The van der Waals surface area contributed by atoms with Gasteiger partial charge in [-0.1, -0.05) is 0 Å². The van der Waals surface area contributed by atoms with Crippen molar-refractivity contribution in [2.45, 2.75) is 12.1 Å². The van der Waals surface area contributed by atoms with Gasteiger partial charge in [-0.25, -0.2) is 0 Å². The third-order valence-electron chi connectivity index (χ3n) is 3.62. The molecule has 0 spiro atoms. The Labute approximate surface area is 147 Å². The molecule has 0 radical (unpaired) electrons. The lowest BCUT2D eigenvalue weighted by Crippen LogP contribution is -2.21. The van der Waals surface area contributed by atoms with Gasteiger partial charge in [0.1, 0.15) is 17.9 Å². The van der Waals surface area contributed by atoms with Gasteiger partial charge in [-0.2, -0.15) is 0 Å². The number of rotatable bonds is 7. The van der Waals surface area contributed by atoms with Crippen LogP contribution in [-0.2, 0) is 0 Å². The monoisotopic (exact) mass is 361 g/mol. The van der Waals surface area contributed by atoms with Gasteiger partial charge in [-0.3, -0.25) is 25.2 Å². The maximum atomic E-state index is 10.8. The minimum atomic E-state index is -1.27. The SMILES string of the molecule is O=[N+]([O-])c1ccc([C@H](O)[C@H](CO)N=Cc2cc([N+](=O)[O-])ccc2O)cc1. The molecule has 0 fully saturated rings. The molecule has 3 N–H and O–H groups in total. The lowest BCUT2D eigenvalue weighted by atomic mass is 10.0. The van der Waals surface area contributed by atoms with Crippen LogP contribution in [0.2, 0.25) is 0 Å². The number of hydrogen-bond donors (Lipinski definition) is 3. The summed E-state index contributed by atoms with van der Waals surface area (Å²) >= 11 is 0. The van der Waals surface area contributed by atoms with Crippen LogP contribution < -0.4 is 0 Å². The van der Waals surface area contributed by atoms with Crippen LogP contribution >= 0.6 is 0 Å². The summed E-state index contributed by atoms with van der Waals surface area (Å²) in [5.41, 5.74) is -0.0455. The lowest BCUT2D eigenvalue weighted by Gasteiger charge is -2.17. The molecule has 0 saturated carbocycles. The van der Waals surface area contributed by atoms with E-state index in [0.29, 0.717) is 5.56 Å². The Morgan fingerprint density at radius 1 is 1.04 bits per heavy atom. The Hall–Kier alpha value is -3.37. The van der Waals surface area contributed by atoms with E-state index in [2.05, 4.69) is 4.99 Å². The highest BCUT2D eigenvalue weighted by Crippen LogP contribution is 2.24. The number of aliphatic hydroxyl groups is 2. The number of aromatic hydroxyl groups is 1. The Balaban J connectivity index is 2.22. The van der Waals surface area contributed by atoms with Crippen molar-refractivity contribution in [1.82, 2.24) is 0 Å². The Morgan fingerprint density at radius 2 is 1.62 bits per heavy atom. The standard InChI is InChI=1S/C16H15N3O7/c20-9-14(16(22)10-1-3-12(4-2-10)18(23)24)17-8-11-7-13(19(25)26)5-6-15(11)21/h1-8,14,16,20-22H,9H2/t14-,16-/m0/s1. The number of nitro benzene ring substituents is 2. The molecular formula is C16H15N3O7. The maximum absolute atomic E-state index is 10.8. The average Bonchev–Trinajstić information content (AvgIpc) is 2.63. The van der Waals surface area contributed by atoms with Crippen LogP contribution in [0.4, 0.5) is 11.4 Å². The van der Waals surface area contributed by atoms with Gasteiger partial charge in [0.2, 0.25) is 0 Å². The largest absolute Gasteiger partial charge is 0.507 e. The molecule has 0 aliphatic carbocycles. The fourth-order valence-corrected chi connectivity index (χ4v) is 2.18. The third-order valence-corrected chi connectivity index (χ3v) is 3.62. The number of hydrogen-bond acceptors (Lipinski definition) is 8. The number of phenolic OH excluding ortho intramolecular Hbond substituents is 1. The van der Waals surface area contributed by atoms with Gasteiger partial charge in [-0.15, -0.1) is 0 Å². The van der Waals surface area contributed by atoms with Crippen LogP contribution in [0.15, 0.2) is 47.5 Å². The maximum Gasteiger partial charge on any atom is 0.270 e. The first kappa shape index (κ1) is 19.0. The van der Waals surface area contributed by atoms with Crippen molar-refractivity contribution < 1.29 is 25.2 Å². The number of phenols is 1. The fraction of sp³-hybridized carbons (Fsp3) is 0.188. The van der Waals surface area contributed by atoms with Gasteiger partial charge in [-0.05, 0) is 23.8 Å². The molecule has 10 nitrogen and oxygen atoms in total. The highest BCUT2D eigenvalue weighted by molar-refractivity contribution is 5.84. The summed E-state index contributed by atoms with van der Waals surface area (Å²) in [6, 6.07) is 7.44. The van der Waals surface area contributed by atoms with Crippen molar-refractivity contribution in [3.8, 4) is 5.75 Å². The minimum Gasteiger partial charge on any atom is -0.507 e. The van der Waals surface area contributed by atoms with Gasteiger partial charge in [0, 0.05) is 36.0 Å². The molecule has 0 unspecified atom stereocenters.